The number of rotatable bonds is 8. The maximum Gasteiger partial charge on any atom is 0.259 e. The Kier molecular flexibility index (Phi) is 10.5. The van der Waals surface area contributed by atoms with Crippen molar-refractivity contribution in [2.75, 3.05) is 13.7 Å². The number of hydrogen-bond acceptors (Lipinski definition) is 10. The van der Waals surface area contributed by atoms with Gasteiger partial charge >= 0.3 is 0 Å². The van der Waals surface area contributed by atoms with Gasteiger partial charge in [-0.15, -0.1) is 11.3 Å². The molecule has 2 aliphatic heterocycles. The van der Waals surface area contributed by atoms with E-state index in [0.29, 0.717) is 57.4 Å². The van der Waals surface area contributed by atoms with E-state index < -0.39 is 50.2 Å². The summed E-state index contributed by atoms with van der Waals surface area (Å²) in [6.45, 7) is 8.08. The molecule has 4 heterocycles. The second-order valence-electron chi connectivity index (χ2n) is 16.0. The molecule has 4 aliphatic rings. The van der Waals surface area contributed by atoms with Crippen molar-refractivity contribution in [1.82, 2.24) is 24.9 Å². The van der Waals surface area contributed by atoms with Gasteiger partial charge in [0.05, 0.1) is 30.1 Å². The van der Waals surface area contributed by atoms with Gasteiger partial charge in [0.25, 0.3) is 5.91 Å². The first kappa shape index (κ1) is 38.5. The lowest BCUT2D eigenvalue weighted by atomic mass is 9.85. The van der Waals surface area contributed by atoms with E-state index >= 15 is 0 Å². The van der Waals surface area contributed by atoms with Crippen LogP contribution in [0.5, 0.6) is 11.5 Å². The van der Waals surface area contributed by atoms with Gasteiger partial charge in [0, 0.05) is 34.6 Å². The largest absolute Gasteiger partial charge is 0.495 e. The Morgan fingerprint density at radius 1 is 1.13 bits per heavy atom. The number of carbonyl (C=O) groups is 3. The molecule has 1 saturated heterocycles. The molecule has 2 aromatic heterocycles. The van der Waals surface area contributed by atoms with Crippen molar-refractivity contribution >= 4 is 61.6 Å². The highest BCUT2D eigenvalue weighted by Gasteiger charge is 2.62. The van der Waals surface area contributed by atoms with Gasteiger partial charge in [-0.1, -0.05) is 64.3 Å². The van der Waals surface area contributed by atoms with Crippen LogP contribution < -0.4 is 19.5 Å². The lowest BCUT2D eigenvalue weighted by Gasteiger charge is -2.33. The summed E-state index contributed by atoms with van der Waals surface area (Å²) in [7, 11) is -2.32. The van der Waals surface area contributed by atoms with Crippen LogP contribution in [0.15, 0.2) is 35.7 Å². The molecule has 0 spiro atoms. The van der Waals surface area contributed by atoms with E-state index in [2.05, 4.69) is 23.9 Å². The smallest absolute Gasteiger partial charge is 0.259 e. The first-order valence-electron chi connectivity index (χ1n) is 18.8. The maximum absolute atomic E-state index is 14.4. The molecule has 3 amide bonds. The number of ether oxygens (including phenoxy) is 2. The molecule has 0 bridgehead atoms. The van der Waals surface area contributed by atoms with E-state index in [1.165, 1.54) is 18.4 Å². The molecule has 2 N–H and O–H groups in total. The van der Waals surface area contributed by atoms with E-state index in [1.807, 2.05) is 43.5 Å². The van der Waals surface area contributed by atoms with Gasteiger partial charge in [0.2, 0.25) is 21.8 Å². The quantitative estimate of drug-likeness (QED) is 0.242. The zero-order valence-electron chi connectivity index (χ0n) is 31.3. The van der Waals surface area contributed by atoms with Gasteiger partial charge in [-0.25, -0.2) is 18.4 Å². The van der Waals surface area contributed by atoms with E-state index in [1.54, 1.807) is 11.0 Å². The number of carbonyl (C=O) groups excluding carboxylic acids is 3. The lowest BCUT2D eigenvalue weighted by Crippen LogP contribution is -2.57. The average Bonchev–Trinajstić information content (AvgIpc) is 4.00. The number of pyridine rings is 1. The van der Waals surface area contributed by atoms with E-state index in [0.717, 1.165) is 31.4 Å². The van der Waals surface area contributed by atoms with Crippen molar-refractivity contribution in [3.63, 3.8) is 0 Å². The zero-order chi connectivity index (χ0) is 38.6. The van der Waals surface area contributed by atoms with Crippen molar-refractivity contribution in [3.05, 3.63) is 46.4 Å². The van der Waals surface area contributed by atoms with Gasteiger partial charge in [-0.3, -0.25) is 19.1 Å². The Labute approximate surface area is 325 Å². The van der Waals surface area contributed by atoms with Crippen LogP contribution in [0, 0.1) is 11.3 Å². The first-order valence-corrected chi connectivity index (χ1v) is 21.6. The summed E-state index contributed by atoms with van der Waals surface area (Å²) in [5.41, 5.74) is -0.233. The summed E-state index contributed by atoms with van der Waals surface area (Å²) in [6.07, 6.45) is 8.82. The minimum absolute atomic E-state index is 0.122. The molecule has 2 aliphatic carbocycles. The monoisotopic (exact) mass is 797 g/mol. The van der Waals surface area contributed by atoms with Crippen LogP contribution in [0.1, 0.15) is 97.1 Å². The van der Waals surface area contributed by atoms with Gasteiger partial charge in [-0.05, 0) is 56.6 Å². The normalized spacial score (nSPS) is 26.1. The summed E-state index contributed by atoms with van der Waals surface area (Å²) in [5.74, 6) is -0.671. The third kappa shape index (κ3) is 7.58. The van der Waals surface area contributed by atoms with Crippen LogP contribution in [-0.2, 0) is 24.4 Å². The van der Waals surface area contributed by atoms with E-state index in [9.17, 15) is 22.8 Å². The number of nitrogens with zero attached hydrogens (tertiary/aromatic N) is 3. The Morgan fingerprint density at radius 2 is 1.91 bits per heavy atom. The van der Waals surface area contributed by atoms with Crippen LogP contribution in [0.2, 0.25) is 5.02 Å². The Morgan fingerprint density at radius 3 is 2.61 bits per heavy atom. The van der Waals surface area contributed by atoms with Crippen molar-refractivity contribution in [2.24, 2.45) is 11.3 Å². The Bertz CT molecular complexity index is 2110. The minimum Gasteiger partial charge on any atom is -0.495 e. The van der Waals surface area contributed by atoms with Gasteiger partial charge in [0.1, 0.15) is 44.9 Å². The molecule has 2 saturated carbocycles. The van der Waals surface area contributed by atoms with Crippen LogP contribution >= 0.6 is 22.9 Å². The summed E-state index contributed by atoms with van der Waals surface area (Å²) >= 11 is 8.29. The average molecular weight is 798 g/mol. The van der Waals surface area contributed by atoms with Crippen LogP contribution in [0.4, 0.5) is 0 Å². The number of amides is 3. The van der Waals surface area contributed by atoms with Gasteiger partial charge in [0.15, 0.2) is 0 Å². The molecule has 3 aromatic rings. The molecule has 4 unspecified atom stereocenters. The molecule has 7 rings (SSSR count). The standard InChI is InChI=1S/C39H48ClN5O7S2/c1-22(2)28-21-53-35(42-28)27-18-31(26-14-15-30(51-5)32(40)33(26)41-27)52-24-17-29-34(46)43-39(36(47)44-54(49,50)25-12-13-25)19-23(39)11-9-7-6-8-10-16-38(3,4)37(48)45(29)20-24/h9,11,14-15,18,21-25,29H,6-8,10,12-13,16-17,19-20H2,1-5H3,(H,43,46)(H,44,47). The first-order chi connectivity index (χ1) is 25.6. The molecule has 54 heavy (non-hydrogen) atoms. The molecule has 12 nitrogen and oxygen atoms in total. The van der Waals surface area contributed by atoms with Crippen molar-refractivity contribution in [3.8, 4) is 22.2 Å². The second kappa shape index (κ2) is 14.7. The van der Waals surface area contributed by atoms with Crippen LogP contribution in [0.3, 0.4) is 0 Å². The molecule has 290 valence electrons. The van der Waals surface area contributed by atoms with Crippen LogP contribution in [-0.4, -0.2) is 77.6 Å². The third-order valence-corrected chi connectivity index (χ3v) is 14.2. The van der Waals surface area contributed by atoms with Crippen molar-refractivity contribution < 1.29 is 32.3 Å². The minimum atomic E-state index is -3.85. The fourth-order valence-corrected chi connectivity index (χ4v) is 10.1. The molecule has 1 aromatic carbocycles. The van der Waals surface area contributed by atoms with Gasteiger partial charge < -0.3 is 19.7 Å². The number of methoxy groups -OCH3 is 1. The maximum atomic E-state index is 14.4. The number of aromatic nitrogens is 2. The summed E-state index contributed by atoms with van der Waals surface area (Å²) in [4.78, 5) is 53.8. The number of sulfonamides is 1. The number of benzene rings is 1. The van der Waals surface area contributed by atoms with Crippen molar-refractivity contribution in [2.45, 2.75) is 114 Å². The summed E-state index contributed by atoms with van der Waals surface area (Å²) in [5, 5.41) is 6.00. The predicted molar refractivity (Wildman–Crippen MR) is 208 cm³/mol. The number of fused-ring (bicyclic) bond motifs is 3. The molecular formula is C39H48ClN5O7S2. The highest BCUT2D eigenvalue weighted by molar-refractivity contribution is 7.91. The van der Waals surface area contributed by atoms with Crippen molar-refractivity contribution in [1.29, 1.82) is 0 Å². The number of halogens is 1. The summed E-state index contributed by atoms with van der Waals surface area (Å²) in [6, 6.07) is 4.41. The Hall–Kier alpha value is -3.75. The molecule has 4 atom stereocenters. The Balaban J connectivity index is 1.23. The number of hydrogen-bond donors (Lipinski definition) is 2. The molecular weight excluding hydrogens is 750 g/mol. The third-order valence-electron chi connectivity index (χ3n) is 11.1. The van der Waals surface area contributed by atoms with E-state index in [-0.39, 0.29) is 37.1 Å². The zero-order valence-corrected chi connectivity index (χ0v) is 33.7. The number of thiazole rings is 1. The fraction of sp³-hybridized carbons (Fsp3) is 0.564. The highest BCUT2D eigenvalue weighted by Crippen LogP contribution is 2.47. The number of allylic oxidation sites excluding steroid dienone is 1. The SMILES string of the molecule is COc1ccc2c(OC3CC4C(=O)NC5(C(=O)NS(=O)(=O)C6CC6)CC5C=CCCCCCC(C)(C)C(=O)N4C3)cc(-c3nc(C(C)C)cs3)nc2c1Cl. The highest BCUT2D eigenvalue weighted by atomic mass is 35.5. The molecule has 15 heteroatoms. The molecule has 0 radical (unpaired) electrons. The fourth-order valence-electron chi connectivity index (χ4n) is 7.51. The molecule has 3 fully saturated rings. The predicted octanol–water partition coefficient (Wildman–Crippen LogP) is 6.52. The lowest BCUT2D eigenvalue weighted by molar-refractivity contribution is -0.146. The summed E-state index contributed by atoms with van der Waals surface area (Å²) < 4.78 is 40.2. The number of nitrogens with one attached hydrogen (secondary N) is 2. The van der Waals surface area contributed by atoms with Crippen LogP contribution in [0.25, 0.3) is 21.6 Å². The topological polar surface area (TPSA) is 157 Å². The van der Waals surface area contributed by atoms with Gasteiger partial charge in [-0.2, -0.15) is 0 Å². The second-order valence-corrected chi connectivity index (χ2v) is 19.2. The van der Waals surface area contributed by atoms with E-state index in [4.69, 9.17) is 31.0 Å².